The van der Waals surface area contributed by atoms with Gasteiger partial charge in [-0.05, 0) is 42.8 Å². The van der Waals surface area contributed by atoms with Gasteiger partial charge in [0.15, 0.2) is 0 Å². The molecule has 2 aromatic heterocycles. The summed E-state index contributed by atoms with van der Waals surface area (Å²) in [6.07, 6.45) is 3.00. The lowest BCUT2D eigenvalue weighted by molar-refractivity contribution is 0.101. The van der Waals surface area contributed by atoms with Crippen molar-refractivity contribution in [3.8, 4) is 5.75 Å². The SMILES string of the molecule is Cc1c(NC(=O)c2c(NC(=O)c3ccc(COc4ccc(Cl)cc4Cl)cc3)cnn2C)cnn1C. The molecule has 0 bridgehead atoms. The number of carbonyl (C=O) groups excluding carboxylic acids is 2. The van der Waals surface area contributed by atoms with Crippen LogP contribution in [0.2, 0.25) is 10.0 Å². The first-order chi connectivity index (χ1) is 16.7. The Morgan fingerprint density at radius 2 is 1.57 bits per heavy atom. The number of amides is 2. The van der Waals surface area contributed by atoms with E-state index in [1.54, 1.807) is 67.4 Å². The zero-order valence-corrected chi connectivity index (χ0v) is 20.7. The average Bonchev–Trinajstić information content (AvgIpc) is 3.35. The minimum Gasteiger partial charge on any atom is -0.487 e. The molecule has 180 valence electrons. The lowest BCUT2D eigenvalue weighted by Crippen LogP contribution is -2.20. The lowest BCUT2D eigenvalue weighted by Gasteiger charge is -2.10. The molecule has 2 heterocycles. The largest absolute Gasteiger partial charge is 0.487 e. The monoisotopic (exact) mass is 512 g/mol. The summed E-state index contributed by atoms with van der Waals surface area (Å²) < 4.78 is 8.78. The first-order valence-electron chi connectivity index (χ1n) is 10.5. The van der Waals surface area contributed by atoms with Gasteiger partial charge in [0.25, 0.3) is 11.8 Å². The van der Waals surface area contributed by atoms with Crippen LogP contribution in [0, 0.1) is 6.92 Å². The third-order valence-electron chi connectivity index (χ3n) is 5.39. The maximum atomic E-state index is 12.9. The molecule has 0 aliphatic heterocycles. The van der Waals surface area contributed by atoms with Gasteiger partial charge in [-0.2, -0.15) is 10.2 Å². The van der Waals surface area contributed by atoms with Crippen LogP contribution in [0.5, 0.6) is 5.75 Å². The van der Waals surface area contributed by atoms with Crippen LogP contribution in [0.4, 0.5) is 11.4 Å². The van der Waals surface area contributed by atoms with Crippen molar-refractivity contribution in [3.05, 3.63) is 87.4 Å². The normalized spacial score (nSPS) is 10.8. The number of ether oxygens (including phenoxy) is 1. The van der Waals surface area contributed by atoms with E-state index in [4.69, 9.17) is 27.9 Å². The van der Waals surface area contributed by atoms with E-state index in [1.807, 2.05) is 6.92 Å². The number of nitrogens with zero attached hydrogens (tertiary/aromatic N) is 4. The zero-order valence-electron chi connectivity index (χ0n) is 19.2. The summed E-state index contributed by atoms with van der Waals surface area (Å²) in [5.41, 5.74) is 3.15. The predicted molar refractivity (Wildman–Crippen MR) is 134 cm³/mol. The predicted octanol–water partition coefficient (Wildman–Crippen LogP) is 4.85. The van der Waals surface area contributed by atoms with Crippen LogP contribution in [-0.4, -0.2) is 31.4 Å². The van der Waals surface area contributed by atoms with Crippen molar-refractivity contribution >= 4 is 46.4 Å². The Labute approximate surface area is 211 Å². The Balaban J connectivity index is 1.42. The summed E-state index contributed by atoms with van der Waals surface area (Å²) in [5, 5.41) is 14.7. The van der Waals surface area contributed by atoms with Crippen molar-refractivity contribution in [2.75, 3.05) is 10.6 Å². The molecule has 0 fully saturated rings. The van der Waals surface area contributed by atoms with Gasteiger partial charge in [0.05, 0.1) is 34.5 Å². The second kappa shape index (κ2) is 10.2. The zero-order chi connectivity index (χ0) is 25.1. The third kappa shape index (κ3) is 5.47. The van der Waals surface area contributed by atoms with Crippen molar-refractivity contribution in [2.24, 2.45) is 14.1 Å². The van der Waals surface area contributed by atoms with Gasteiger partial charge in [-0.1, -0.05) is 35.3 Å². The van der Waals surface area contributed by atoms with Gasteiger partial charge in [-0.3, -0.25) is 19.0 Å². The van der Waals surface area contributed by atoms with E-state index in [9.17, 15) is 9.59 Å². The molecule has 0 saturated heterocycles. The minimum atomic E-state index is -0.412. The van der Waals surface area contributed by atoms with E-state index in [1.165, 1.54) is 10.9 Å². The number of rotatable bonds is 7. The van der Waals surface area contributed by atoms with Crippen molar-refractivity contribution in [1.82, 2.24) is 19.6 Å². The Kier molecular flexibility index (Phi) is 7.09. The molecule has 0 radical (unpaired) electrons. The molecule has 11 heteroatoms. The summed E-state index contributed by atoms with van der Waals surface area (Å²) in [6, 6.07) is 11.9. The second-order valence-electron chi connectivity index (χ2n) is 7.77. The smallest absolute Gasteiger partial charge is 0.276 e. The number of hydrogen-bond donors (Lipinski definition) is 2. The van der Waals surface area contributed by atoms with E-state index in [0.717, 1.165) is 11.3 Å². The van der Waals surface area contributed by atoms with Crippen molar-refractivity contribution in [1.29, 1.82) is 0 Å². The molecule has 0 unspecified atom stereocenters. The number of aromatic nitrogens is 4. The fraction of sp³-hybridized carbons (Fsp3) is 0.167. The molecule has 4 rings (SSSR count). The van der Waals surface area contributed by atoms with Crippen molar-refractivity contribution in [2.45, 2.75) is 13.5 Å². The summed E-state index contributed by atoms with van der Waals surface area (Å²) in [6.45, 7) is 2.11. The molecule has 0 spiro atoms. The van der Waals surface area contributed by atoms with Crippen LogP contribution in [0.1, 0.15) is 32.1 Å². The van der Waals surface area contributed by atoms with Crippen molar-refractivity contribution < 1.29 is 14.3 Å². The molecule has 0 atom stereocenters. The minimum absolute atomic E-state index is 0.214. The van der Waals surface area contributed by atoms with Gasteiger partial charge >= 0.3 is 0 Å². The van der Waals surface area contributed by atoms with Crippen LogP contribution in [-0.2, 0) is 20.7 Å². The fourth-order valence-electron chi connectivity index (χ4n) is 3.30. The van der Waals surface area contributed by atoms with Gasteiger partial charge in [0, 0.05) is 24.7 Å². The topological polar surface area (TPSA) is 103 Å². The molecular weight excluding hydrogens is 491 g/mol. The Morgan fingerprint density at radius 1 is 0.914 bits per heavy atom. The van der Waals surface area contributed by atoms with Crippen LogP contribution in [0.15, 0.2) is 54.9 Å². The van der Waals surface area contributed by atoms with Crippen LogP contribution >= 0.6 is 23.2 Å². The summed E-state index contributed by atoms with van der Waals surface area (Å²) in [5.74, 6) is -0.274. The first-order valence-corrected chi connectivity index (χ1v) is 11.3. The molecule has 9 nitrogen and oxygen atoms in total. The average molecular weight is 513 g/mol. The van der Waals surface area contributed by atoms with E-state index >= 15 is 0 Å². The number of nitrogens with one attached hydrogen (secondary N) is 2. The second-order valence-corrected chi connectivity index (χ2v) is 8.61. The molecule has 35 heavy (non-hydrogen) atoms. The van der Waals surface area contributed by atoms with Gasteiger partial charge < -0.3 is 15.4 Å². The number of carbonyl (C=O) groups is 2. The lowest BCUT2D eigenvalue weighted by atomic mass is 10.1. The van der Waals surface area contributed by atoms with Crippen LogP contribution in [0.25, 0.3) is 0 Å². The summed E-state index contributed by atoms with van der Waals surface area (Å²) in [4.78, 5) is 25.7. The van der Waals surface area contributed by atoms with Crippen LogP contribution in [0.3, 0.4) is 0 Å². The third-order valence-corrected chi connectivity index (χ3v) is 5.92. The maximum Gasteiger partial charge on any atom is 0.276 e. The van der Waals surface area contributed by atoms with Gasteiger partial charge in [-0.25, -0.2) is 0 Å². The number of halogens is 2. The molecule has 2 amide bonds. The Morgan fingerprint density at radius 3 is 2.23 bits per heavy atom. The Hall–Kier alpha value is -3.82. The quantitative estimate of drug-likeness (QED) is 0.368. The van der Waals surface area contributed by atoms with E-state index in [0.29, 0.717) is 32.7 Å². The van der Waals surface area contributed by atoms with E-state index in [2.05, 4.69) is 20.8 Å². The Bertz CT molecular complexity index is 1400. The highest BCUT2D eigenvalue weighted by Crippen LogP contribution is 2.28. The maximum absolute atomic E-state index is 12.9. The molecular formula is C24H22Cl2N6O3. The standard InChI is InChI=1S/C24H22Cl2N6O3/c1-14-19(11-27-31(14)2)29-24(34)22-20(12-28-32(22)3)30-23(33)16-6-4-15(5-7-16)13-35-21-9-8-17(25)10-18(21)26/h4-12H,13H2,1-3H3,(H,29,34)(H,30,33). The molecule has 2 aromatic carbocycles. The first kappa shape index (κ1) is 24.3. The van der Waals surface area contributed by atoms with E-state index in [-0.39, 0.29) is 18.2 Å². The van der Waals surface area contributed by atoms with Gasteiger partial charge in [0.1, 0.15) is 18.1 Å². The van der Waals surface area contributed by atoms with Crippen molar-refractivity contribution in [3.63, 3.8) is 0 Å². The summed E-state index contributed by atoms with van der Waals surface area (Å²) in [7, 11) is 3.41. The fourth-order valence-corrected chi connectivity index (χ4v) is 3.76. The molecule has 4 aromatic rings. The number of anilines is 2. The van der Waals surface area contributed by atoms with E-state index < -0.39 is 5.91 Å². The number of hydrogen-bond acceptors (Lipinski definition) is 5. The van der Waals surface area contributed by atoms with Gasteiger partial charge in [-0.15, -0.1) is 0 Å². The highest BCUT2D eigenvalue weighted by atomic mass is 35.5. The molecule has 0 saturated carbocycles. The summed E-state index contributed by atoms with van der Waals surface area (Å²) >= 11 is 12.0. The number of aryl methyl sites for hydroxylation is 2. The highest BCUT2D eigenvalue weighted by Gasteiger charge is 2.20. The van der Waals surface area contributed by atoms with Crippen LogP contribution < -0.4 is 15.4 Å². The molecule has 2 N–H and O–H groups in total. The highest BCUT2D eigenvalue weighted by molar-refractivity contribution is 6.35. The van der Waals surface area contributed by atoms with Gasteiger partial charge in [0.2, 0.25) is 0 Å². The number of benzene rings is 2. The molecule has 0 aliphatic carbocycles. The molecule has 0 aliphatic rings.